The van der Waals surface area contributed by atoms with Gasteiger partial charge in [0.25, 0.3) is 0 Å². The van der Waals surface area contributed by atoms with Crippen molar-refractivity contribution in [1.29, 1.82) is 0 Å². The Morgan fingerprint density at radius 2 is 1.88 bits per heavy atom. The van der Waals surface area contributed by atoms with Crippen LogP contribution in [0.2, 0.25) is 0 Å². The Labute approximate surface area is 148 Å². The molecular formula is C18H26N4O3. The van der Waals surface area contributed by atoms with Gasteiger partial charge in [0.1, 0.15) is 5.75 Å². The monoisotopic (exact) mass is 346 g/mol. The van der Waals surface area contributed by atoms with E-state index in [0.717, 1.165) is 37.6 Å². The number of amides is 3. The third-order valence-corrected chi connectivity index (χ3v) is 4.70. The van der Waals surface area contributed by atoms with Gasteiger partial charge in [0.05, 0.1) is 12.6 Å². The lowest BCUT2D eigenvalue weighted by Gasteiger charge is -2.33. The minimum atomic E-state index is -0.147. The first-order chi connectivity index (χ1) is 12.1. The normalized spacial score (nSPS) is 21.5. The third kappa shape index (κ3) is 4.22. The molecule has 2 saturated heterocycles. The molecule has 7 heteroatoms. The number of hydrogen-bond acceptors (Lipinski definition) is 4. The molecule has 1 aromatic carbocycles. The minimum Gasteiger partial charge on any atom is -0.494 e. The Morgan fingerprint density at radius 1 is 1.20 bits per heavy atom. The number of rotatable bonds is 4. The Bertz CT molecular complexity index is 611. The highest BCUT2D eigenvalue weighted by molar-refractivity contribution is 5.96. The topological polar surface area (TPSA) is 65.1 Å². The maximum absolute atomic E-state index is 12.4. The van der Waals surface area contributed by atoms with E-state index in [4.69, 9.17) is 4.74 Å². The smallest absolute Gasteiger partial charge is 0.317 e. The van der Waals surface area contributed by atoms with Crippen LogP contribution in [0.4, 0.5) is 10.5 Å². The number of anilines is 1. The van der Waals surface area contributed by atoms with Crippen molar-refractivity contribution in [3.63, 3.8) is 0 Å². The number of likely N-dealkylation sites (N-methyl/N-ethyl adjacent to an activating group) is 1. The molecule has 3 rings (SSSR count). The fraction of sp³-hybridized carbons (Fsp3) is 0.556. The molecule has 136 valence electrons. The van der Waals surface area contributed by atoms with E-state index >= 15 is 0 Å². The van der Waals surface area contributed by atoms with Crippen LogP contribution in [0.1, 0.15) is 13.3 Å². The Kier molecular flexibility index (Phi) is 5.43. The Balaban J connectivity index is 1.55. The molecule has 3 amide bonds. The Morgan fingerprint density at radius 3 is 2.52 bits per heavy atom. The summed E-state index contributed by atoms with van der Waals surface area (Å²) in [6, 6.07) is 7.27. The van der Waals surface area contributed by atoms with Crippen LogP contribution < -0.4 is 15.0 Å². The van der Waals surface area contributed by atoms with E-state index < -0.39 is 0 Å². The standard InChI is InChI=1S/C18H26N4O3/c1-3-25-16-6-4-15(5-7-16)22-13-14(12-17(22)23)19-18(24)21-10-8-20(2)9-11-21/h4-7,14H,3,8-13H2,1-2H3,(H,19,24)/t14-/m0/s1. The lowest BCUT2D eigenvalue weighted by atomic mass is 10.2. The molecule has 2 aliphatic heterocycles. The third-order valence-electron chi connectivity index (χ3n) is 4.70. The molecule has 0 aliphatic carbocycles. The molecule has 7 nitrogen and oxygen atoms in total. The molecule has 2 heterocycles. The minimum absolute atomic E-state index is 0.0350. The van der Waals surface area contributed by atoms with E-state index in [0.29, 0.717) is 19.6 Å². The quantitative estimate of drug-likeness (QED) is 0.888. The first-order valence-corrected chi connectivity index (χ1v) is 8.84. The fourth-order valence-electron chi connectivity index (χ4n) is 3.22. The first kappa shape index (κ1) is 17.5. The molecule has 0 spiro atoms. The largest absolute Gasteiger partial charge is 0.494 e. The van der Waals surface area contributed by atoms with Crippen molar-refractivity contribution in [1.82, 2.24) is 15.1 Å². The first-order valence-electron chi connectivity index (χ1n) is 8.84. The van der Waals surface area contributed by atoms with Crippen LogP contribution in [-0.2, 0) is 4.79 Å². The van der Waals surface area contributed by atoms with Crippen LogP contribution >= 0.6 is 0 Å². The van der Waals surface area contributed by atoms with Gasteiger partial charge in [0.2, 0.25) is 5.91 Å². The molecule has 1 atom stereocenters. The van der Waals surface area contributed by atoms with E-state index in [-0.39, 0.29) is 18.0 Å². The van der Waals surface area contributed by atoms with Gasteiger partial charge in [0.15, 0.2) is 0 Å². The molecule has 25 heavy (non-hydrogen) atoms. The highest BCUT2D eigenvalue weighted by Gasteiger charge is 2.32. The summed E-state index contributed by atoms with van der Waals surface area (Å²) in [5, 5.41) is 3.01. The number of hydrogen-bond donors (Lipinski definition) is 1. The van der Waals surface area contributed by atoms with Crippen molar-refractivity contribution in [2.45, 2.75) is 19.4 Å². The number of urea groups is 1. The molecular weight excluding hydrogens is 320 g/mol. The van der Waals surface area contributed by atoms with Crippen LogP contribution in [0, 0.1) is 0 Å². The van der Waals surface area contributed by atoms with Crippen molar-refractivity contribution in [2.75, 3.05) is 51.3 Å². The molecule has 0 saturated carbocycles. The van der Waals surface area contributed by atoms with E-state index in [1.807, 2.05) is 36.1 Å². The van der Waals surface area contributed by atoms with Crippen LogP contribution in [0.3, 0.4) is 0 Å². The summed E-state index contributed by atoms with van der Waals surface area (Å²) in [6.45, 7) is 6.28. The number of nitrogens with one attached hydrogen (secondary N) is 1. The van der Waals surface area contributed by atoms with E-state index in [2.05, 4.69) is 17.3 Å². The second-order valence-corrected chi connectivity index (χ2v) is 6.57. The van der Waals surface area contributed by atoms with Crippen molar-refractivity contribution >= 4 is 17.6 Å². The maximum Gasteiger partial charge on any atom is 0.317 e. The zero-order valence-electron chi connectivity index (χ0n) is 14.9. The highest BCUT2D eigenvalue weighted by Crippen LogP contribution is 2.24. The van der Waals surface area contributed by atoms with Gasteiger partial charge in [-0.2, -0.15) is 0 Å². The summed E-state index contributed by atoms with van der Waals surface area (Å²) in [4.78, 5) is 30.5. The number of piperazine rings is 1. The van der Waals surface area contributed by atoms with Gasteiger partial charge in [-0.3, -0.25) is 4.79 Å². The Hall–Kier alpha value is -2.28. The molecule has 0 radical (unpaired) electrons. The number of benzene rings is 1. The zero-order chi connectivity index (χ0) is 17.8. The average molecular weight is 346 g/mol. The summed E-state index contributed by atoms with van der Waals surface area (Å²) < 4.78 is 5.43. The SMILES string of the molecule is CCOc1ccc(N2C[C@@H](NC(=O)N3CCN(C)CC3)CC2=O)cc1. The number of nitrogens with zero attached hydrogens (tertiary/aromatic N) is 3. The van der Waals surface area contributed by atoms with Crippen molar-refractivity contribution < 1.29 is 14.3 Å². The summed E-state index contributed by atoms with van der Waals surface area (Å²) in [7, 11) is 2.06. The summed E-state index contributed by atoms with van der Waals surface area (Å²) >= 11 is 0. The van der Waals surface area contributed by atoms with Crippen LogP contribution in [0.5, 0.6) is 5.75 Å². The van der Waals surface area contributed by atoms with Gasteiger partial charge in [0, 0.05) is 44.8 Å². The van der Waals surface area contributed by atoms with E-state index in [1.165, 1.54) is 0 Å². The van der Waals surface area contributed by atoms with Gasteiger partial charge in [-0.1, -0.05) is 0 Å². The molecule has 0 unspecified atom stereocenters. The highest BCUT2D eigenvalue weighted by atomic mass is 16.5. The average Bonchev–Trinajstić information content (AvgIpc) is 2.96. The van der Waals surface area contributed by atoms with E-state index in [9.17, 15) is 9.59 Å². The van der Waals surface area contributed by atoms with Crippen LogP contribution in [0.15, 0.2) is 24.3 Å². The second kappa shape index (κ2) is 7.74. The maximum atomic E-state index is 12.4. The fourth-order valence-corrected chi connectivity index (χ4v) is 3.22. The predicted molar refractivity (Wildman–Crippen MR) is 96.0 cm³/mol. The zero-order valence-corrected chi connectivity index (χ0v) is 14.9. The lowest BCUT2D eigenvalue weighted by molar-refractivity contribution is -0.117. The molecule has 2 fully saturated rings. The summed E-state index contributed by atoms with van der Waals surface area (Å²) in [6.07, 6.45) is 0.340. The molecule has 2 aliphatic rings. The van der Waals surface area contributed by atoms with Gasteiger partial charge in [-0.05, 0) is 38.2 Å². The van der Waals surface area contributed by atoms with Gasteiger partial charge < -0.3 is 24.8 Å². The lowest BCUT2D eigenvalue weighted by Crippen LogP contribution is -2.52. The van der Waals surface area contributed by atoms with Gasteiger partial charge in [-0.25, -0.2) is 4.79 Å². The van der Waals surface area contributed by atoms with Crippen molar-refractivity contribution in [3.05, 3.63) is 24.3 Å². The summed E-state index contributed by atoms with van der Waals surface area (Å²) in [5.41, 5.74) is 0.838. The molecule has 1 aromatic rings. The van der Waals surface area contributed by atoms with Gasteiger partial charge in [-0.15, -0.1) is 0 Å². The summed E-state index contributed by atoms with van der Waals surface area (Å²) in [5.74, 6) is 0.825. The number of ether oxygens (including phenoxy) is 1. The molecule has 1 N–H and O–H groups in total. The number of carbonyl (C=O) groups excluding carboxylic acids is 2. The van der Waals surface area contributed by atoms with Crippen LogP contribution in [0.25, 0.3) is 0 Å². The predicted octanol–water partition coefficient (Wildman–Crippen LogP) is 1.15. The van der Waals surface area contributed by atoms with Crippen LogP contribution in [-0.4, -0.2) is 74.2 Å². The van der Waals surface area contributed by atoms with E-state index in [1.54, 1.807) is 4.90 Å². The van der Waals surface area contributed by atoms with Crippen molar-refractivity contribution in [3.8, 4) is 5.75 Å². The molecule has 0 bridgehead atoms. The second-order valence-electron chi connectivity index (χ2n) is 6.57. The van der Waals surface area contributed by atoms with Gasteiger partial charge >= 0.3 is 6.03 Å². The number of carbonyl (C=O) groups is 2. The van der Waals surface area contributed by atoms with Crippen molar-refractivity contribution in [2.24, 2.45) is 0 Å². The molecule has 0 aromatic heterocycles.